The third-order valence-electron chi connectivity index (χ3n) is 5.19. The van der Waals surface area contributed by atoms with Gasteiger partial charge in [0.1, 0.15) is 0 Å². The van der Waals surface area contributed by atoms with Crippen LogP contribution in [0.1, 0.15) is 40.5 Å². The van der Waals surface area contributed by atoms with Gasteiger partial charge in [-0.25, -0.2) is 0 Å². The first-order chi connectivity index (χ1) is 14.3. The number of carbonyl (C=O) groups excluding carboxylic acids is 3. The van der Waals surface area contributed by atoms with Gasteiger partial charge in [-0.3, -0.25) is 14.4 Å². The molecule has 0 aromatic heterocycles. The summed E-state index contributed by atoms with van der Waals surface area (Å²) in [6.07, 6.45) is 1.41. The molecule has 0 spiro atoms. The van der Waals surface area contributed by atoms with Gasteiger partial charge in [-0.1, -0.05) is 6.07 Å². The molecule has 30 heavy (non-hydrogen) atoms. The SMILES string of the molecule is CC(=O)Nc1cccc(C(=O)NC2CCN(C(=O)c3ccc(N(C)C)cc3)CC2)c1. The van der Waals surface area contributed by atoms with Gasteiger partial charge in [0.15, 0.2) is 0 Å². The maximum absolute atomic E-state index is 12.7. The van der Waals surface area contributed by atoms with Gasteiger partial charge in [0.05, 0.1) is 0 Å². The fourth-order valence-corrected chi connectivity index (χ4v) is 3.52. The zero-order chi connectivity index (χ0) is 21.7. The van der Waals surface area contributed by atoms with Crippen molar-refractivity contribution < 1.29 is 14.4 Å². The molecule has 2 aromatic rings. The summed E-state index contributed by atoms with van der Waals surface area (Å²) >= 11 is 0. The van der Waals surface area contributed by atoms with E-state index in [2.05, 4.69) is 10.6 Å². The number of anilines is 2. The lowest BCUT2D eigenvalue weighted by Crippen LogP contribution is -2.46. The molecule has 1 aliphatic rings. The van der Waals surface area contributed by atoms with E-state index >= 15 is 0 Å². The minimum absolute atomic E-state index is 0.0158. The second-order valence-corrected chi connectivity index (χ2v) is 7.74. The average Bonchev–Trinajstić information content (AvgIpc) is 2.73. The summed E-state index contributed by atoms with van der Waals surface area (Å²) < 4.78 is 0. The highest BCUT2D eigenvalue weighted by Crippen LogP contribution is 2.18. The topological polar surface area (TPSA) is 81.8 Å². The summed E-state index contributed by atoms with van der Waals surface area (Å²) in [5.74, 6) is -0.333. The summed E-state index contributed by atoms with van der Waals surface area (Å²) in [6, 6.07) is 14.5. The first kappa shape index (κ1) is 21.4. The van der Waals surface area contributed by atoms with Crippen molar-refractivity contribution in [2.24, 2.45) is 0 Å². The Morgan fingerprint density at radius 1 is 0.967 bits per heavy atom. The van der Waals surface area contributed by atoms with Crippen LogP contribution in [0.2, 0.25) is 0 Å². The summed E-state index contributed by atoms with van der Waals surface area (Å²) in [4.78, 5) is 40.3. The number of hydrogen-bond donors (Lipinski definition) is 2. The van der Waals surface area contributed by atoms with E-state index in [1.807, 2.05) is 48.2 Å². The van der Waals surface area contributed by atoms with E-state index in [-0.39, 0.29) is 23.8 Å². The molecule has 1 saturated heterocycles. The monoisotopic (exact) mass is 408 g/mol. The number of nitrogens with zero attached hydrogens (tertiary/aromatic N) is 2. The zero-order valence-corrected chi connectivity index (χ0v) is 17.6. The van der Waals surface area contributed by atoms with Crippen molar-refractivity contribution in [2.45, 2.75) is 25.8 Å². The normalized spacial score (nSPS) is 14.2. The van der Waals surface area contributed by atoms with Crippen LogP contribution in [0.25, 0.3) is 0 Å². The smallest absolute Gasteiger partial charge is 0.253 e. The standard InChI is InChI=1S/C23H28N4O3/c1-16(28)24-20-6-4-5-18(15-20)22(29)25-19-11-13-27(14-12-19)23(30)17-7-9-21(10-8-17)26(2)3/h4-10,15,19H,11-14H2,1-3H3,(H,24,28)(H,25,29). The lowest BCUT2D eigenvalue weighted by Gasteiger charge is -2.32. The van der Waals surface area contributed by atoms with Crippen molar-refractivity contribution in [3.05, 3.63) is 59.7 Å². The summed E-state index contributed by atoms with van der Waals surface area (Å²) in [6.45, 7) is 2.63. The maximum atomic E-state index is 12.7. The van der Waals surface area contributed by atoms with Crippen LogP contribution in [-0.2, 0) is 4.79 Å². The Bertz CT molecular complexity index is 916. The van der Waals surface area contributed by atoms with Crippen LogP contribution in [0.15, 0.2) is 48.5 Å². The zero-order valence-electron chi connectivity index (χ0n) is 17.6. The van der Waals surface area contributed by atoms with Crippen molar-refractivity contribution in [2.75, 3.05) is 37.4 Å². The van der Waals surface area contributed by atoms with Crippen LogP contribution in [0.3, 0.4) is 0 Å². The fraction of sp³-hybridized carbons (Fsp3) is 0.348. The Hall–Kier alpha value is -3.35. The van der Waals surface area contributed by atoms with Crippen molar-refractivity contribution in [3.8, 4) is 0 Å². The molecule has 3 rings (SSSR count). The Labute approximate surface area is 177 Å². The lowest BCUT2D eigenvalue weighted by molar-refractivity contribution is -0.114. The number of piperidine rings is 1. The second kappa shape index (κ2) is 9.43. The lowest BCUT2D eigenvalue weighted by atomic mass is 10.0. The average molecular weight is 409 g/mol. The Balaban J connectivity index is 1.53. The van der Waals surface area contributed by atoms with Crippen molar-refractivity contribution >= 4 is 29.1 Å². The van der Waals surface area contributed by atoms with Crippen LogP contribution in [-0.4, -0.2) is 55.8 Å². The molecule has 1 fully saturated rings. The molecule has 0 radical (unpaired) electrons. The molecule has 7 heteroatoms. The van der Waals surface area contributed by atoms with Crippen LogP contribution >= 0.6 is 0 Å². The first-order valence-corrected chi connectivity index (χ1v) is 10.1. The molecule has 0 aliphatic carbocycles. The number of carbonyl (C=O) groups is 3. The van der Waals surface area contributed by atoms with Crippen molar-refractivity contribution in [3.63, 3.8) is 0 Å². The molecule has 1 heterocycles. The number of nitrogens with one attached hydrogen (secondary N) is 2. The quantitative estimate of drug-likeness (QED) is 0.797. The van der Waals surface area contributed by atoms with E-state index in [1.165, 1.54) is 6.92 Å². The van der Waals surface area contributed by atoms with E-state index in [0.717, 1.165) is 5.69 Å². The molecular formula is C23H28N4O3. The largest absolute Gasteiger partial charge is 0.378 e. The van der Waals surface area contributed by atoms with Gasteiger partial charge in [0.2, 0.25) is 5.91 Å². The number of rotatable bonds is 5. The van der Waals surface area contributed by atoms with Crippen LogP contribution in [0.5, 0.6) is 0 Å². The predicted octanol–water partition coefficient (Wildman–Crippen LogP) is 2.75. The summed E-state index contributed by atoms with van der Waals surface area (Å²) in [5, 5.41) is 5.72. The number of benzene rings is 2. The highest BCUT2D eigenvalue weighted by molar-refractivity contribution is 5.97. The second-order valence-electron chi connectivity index (χ2n) is 7.74. The molecule has 7 nitrogen and oxygen atoms in total. The molecule has 3 amide bonds. The molecular weight excluding hydrogens is 380 g/mol. The first-order valence-electron chi connectivity index (χ1n) is 10.1. The highest BCUT2D eigenvalue weighted by Gasteiger charge is 2.25. The van der Waals surface area contributed by atoms with Crippen molar-refractivity contribution in [1.29, 1.82) is 0 Å². The van der Waals surface area contributed by atoms with Gasteiger partial charge in [0, 0.05) is 62.7 Å². The van der Waals surface area contributed by atoms with E-state index < -0.39 is 0 Å². The summed E-state index contributed by atoms with van der Waals surface area (Å²) in [5.41, 5.74) is 2.82. The summed E-state index contributed by atoms with van der Waals surface area (Å²) in [7, 11) is 3.93. The number of hydrogen-bond acceptors (Lipinski definition) is 4. The highest BCUT2D eigenvalue weighted by atomic mass is 16.2. The molecule has 0 unspecified atom stereocenters. The molecule has 158 valence electrons. The third-order valence-corrected chi connectivity index (χ3v) is 5.19. The van der Waals surface area contributed by atoms with Crippen LogP contribution in [0, 0.1) is 0 Å². The predicted molar refractivity (Wildman–Crippen MR) is 118 cm³/mol. The van der Waals surface area contributed by atoms with Crippen LogP contribution < -0.4 is 15.5 Å². The van der Waals surface area contributed by atoms with Gasteiger partial charge >= 0.3 is 0 Å². The Morgan fingerprint density at radius 2 is 1.63 bits per heavy atom. The van der Waals surface area contributed by atoms with E-state index in [9.17, 15) is 14.4 Å². The minimum Gasteiger partial charge on any atom is -0.378 e. The van der Waals surface area contributed by atoms with E-state index in [0.29, 0.717) is 42.7 Å². The molecule has 0 atom stereocenters. The van der Waals surface area contributed by atoms with Gasteiger partial charge in [-0.05, 0) is 55.3 Å². The van der Waals surface area contributed by atoms with E-state index in [4.69, 9.17) is 0 Å². The Morgan fingerprint density at radius 3 is 2.23 bits per heavy atom. The van der Waals surface area contributed by atoms with Gasteiger partial charge in [-0.2, -0.15) is 0 Å². The number of likely N-dealkylation sites (tertiary alicyclic amines) is 1. The van der Waals surface area contributed by atoms with E-state index in [1.54, 1.807) is 24.3 Å². The minimum atomic E-state index is -0.180. The third kappa shape index (κ3) is 5.37. The molecule has 2 aromatic carbocycles. The number of amides is 3. The van der Waals surface area contributed by atoms with Gasteiger partial charge in [-0.15, -0.1) is 0 Å². The molecule has 1 aliphatic heterocycles. The van der Waals surface area contributed by atoms with Crippen LogP contribution in [0.4, 0.5) is 11.4 Å². The fourth-order valence-electron chi connectivity index (χ4n) is 3.52. The maximum Gasteiger partial charge on any atom is 0.253 e. The molecule has 2 N–H and O–H groups in total. The Kier molecular flexibility index (Phi) is 6.72. The van der Waals surface area contributed by atoms with Gasteiger partial charge < -0.3 is 20.4 Å². The van der Waals surface area contributed by atoms with Crippen molar-refractivity contribution in [1.82, 2.24) is 10.2 Å². The molecule has 0 bridgehead atoms. The van der Waals surface area contributed by atoms with Gasteiger partial charge in [0.25, 0.3) is 11.8 Å². The molecule has 0 saturated carbocycles.